The second kappa shape index (κ2) is 6.59. The highest BCUT2D eigenvalue weighted by molar-refractivity contribution is 7.99. The zero-order valence-electron chi connectivity index (χ0n) is 11.9. The first-order valence-electron chi connectivity index (χ1n) is 6.94. The summed E-state index contributed by atoms with van der Waals surface area (Å²) in [6, 6.07) is 4.44. The molecule has 1 fully saturated rings. The van der Waals surface area contributed by atoms with Gasteiger partial charge < -0.3 is 9.88 Å². The van der Waals surface area contributed by atoms with Crippen molar-refractivity contribution in [2.75, 3.05) is 11.1 Å². The molecule has 1 saturated carbocycles. The number of nitro benzene ring substituents is 1. The summed E-state index contributed by atoms with van der Waals surface area (Å²) >= 11 is 7.30. The van der Waals surface area contributed by atoms with E-state index in [0.717, 1.165) is 18.0 Å². The van der Waals surface area contributed by atoms with Crippen molar-refractivity contribution in [3.63, 3.8) is 0 Å². The summed E-state index contributed by atoms with van der Waals surface area (Å²) < 4.78 is 2.08. The van der Waals surface area contributed by atoms with Crippen molar-refractivity contribution >= 4 is 40.6 Å². The van der Waals surface area contributed by atoms with E-state index in [2.05, 4.69) is 14.9 Å². The Morgan fingerprint density at radius 2 is 2.30 bits per heavy atom. The molecule has 0 spiro atoms. The average Bonchev–Trinajstić information content (AvgIpc) is 3.25. The summed E-state index contributed by atoms with van der Waals surface area (Å²) in [6.07, 6.45) is 5.94. The highest BCUT2D eigenvalue weighted by Crippen LogP contribution is 2.37. The number of hydrogen-bond donors (Lipinski definition) is 1. The lowest BCUT2D eigenvalue weighted by Gasteiger charge is -2.08. The monoisotopic (exact) mass is 352 g/mol. The minimum atomic E-state index is -0.537. The highest BCUT2D eigenvalue weighted by Gasteiger charge is 2.25. The number of nitrogens with one attached hydrogen (secondary N) is 1. The molecule has 0 aliphatic heterocycles. The van der Waals surface area contributed by atoms with Crippen molar-refractivity contribution in [1.29, 1.82) is 0 Å². The smallest absolute Gasteiger partial charge is 0.271 e. The number of amides is 1. The number of nitrogens with zero attached hydrogens (tertiary/aromatic N) is 3. The molecule has 1 aromatic carbocycles. The number of hydrogen-bond acceptors (Lipinski definition) is 5. The average molecular weight is 353 g/mol. The predicted octanol–water partition coefficient (Wildman–Crippen LogP) is 3.51. The maximum absolute atomic E-state index is 12.0. The minimum Gasteiger partial charge on any atom is -0.324 e. The van der Waals surface area contributed by atoms with Gasteiger partial charge in [0.15, 0.2) is 5.16 Å². The van der Waals surface area contributed by atoms with Crippen molar-refractivity contribution in [3.05, 3.63) is 45.7 Å². The number of carbonyl (C=O) groups is 1. The Morgan fingerprint density at radius 1 is 1.52 bits per heavy atom. The van der Waals surface area contributed by atoms with Gasteiger partial charge in [-0.3, -0.25) is 14.9 Å². The molecule has 0 saturated heterocycles. The molecule has 0 atom stereocenters. The molecule has 3 rings (SSSR count). The van der Waals surface area contributed by atoms with E-state index >= 15 is 0 Å². The Balaban J connectivity index is 1.59. The maximum atomic E-state index is 12.0. The number of halogens is 1. The van der Waals surface area contributed by atoms with Gasteiger partial charge in [-0.1, -0.05) is 23.4 Å². The van der Waals surface area contributed by atoms with Crippen LogP contribution in [-0.2, 0) is 4.79 Å². The summed E-state index contributed by atoms with van der Waals surface area (Å²) in [5.74, 6) is -0.0482. The molecule has 0 bridgehead atoms. The van der Waals surface area contributed by atoms with E-state index in [0.29, 0.717) is 11.7 Å². The molecule has 1 heterocycles. The van der Waals surface area contributed by atoms with E-state index in [-0.39, 0.29) is 22.4 Å². The minimum absolute atomic E-state index is 0.117. The lowest BCUT2D eigenvalue weighted by atomic mass is 10.3. The molecule has 0 unspecified atom stereocenters. The number of nitro groups is 1. The molecule has 23 heavy (non-hydrogen) atoms. The van der Waals surface area contributed by atoms with E-state index in [1.54, 1.807) is 6.20 Å². The molecule has 0 radical (unpaired) electrons. The molecular formula is C14H13ClN4O3S. The Labute approximate surface area is 141 Å². The summed E-state index contributed by atoms with van der Waals surface area (Å²) in [7, 11) is 0. The van der Waals surface area contributed by atoms with E-state index < -0.39 is 4.92 Å². The lowest BCUT2D eigenvalue weighted by Crippen LogP contribution is -2.15. The number of anilines is 1. The molecule has 9 heteroatoms. The predicted molar refractivity (Wildman–Crippen MR) is 88.0 cm³/mol. The Bertz CT molecular complexity index is 760. The van der Waals surface area contributed by atoms with Crippen LogP contribution in [0.15, 0.2) is 35.7 Å². The molecule has 1 aromatic heterocycles. The van der Waals surface area contributed by atoms with Gasteiger partial charge in [0, 0.05) is 30.6 Å². The van der Waals surface area contributed by atoms with Gasteiger partial charge in [0.05, 0.1) is 21.4 Å². The number of benzene rings is 1. The van der Waals surface area contributed by atoms with Crippen LogP contribution in [-0.4, -0.2) is 26.1 Å². The van der Waals surface area contributed by atoms with Crippen molar-refractivity contribution in [2.45, 2.75) is 24.0 Å². The normalized spacial score (nSPS) is 13.8. The first-order chi connectivity index (χ1) is 11.0. The summed E-state index contributed by atoms with van der Waals surface area (Å²) in [6.45, 7) is 0. The van der Waals surface area contributed by atoms with Gasteiger partial charge in [0.1, 0.15) is 0 Å². The first kappa shape index (κ1) is 15.8. The van der Waals surface area contributed by atoms with Gasteiger partial charge in [-0.25, -0.2) is 4.98 Å². The lowest BCUT2D eigenvalue weighted by molar-refractivity contribution is -0.384. The van der Waals surface area contributed by atoms with Gasteiger partial charge in [-0.2, -0.15) is 0 Å². The fraction of sp³-hybridized carbons (Fsp3) is 0.286. The third-order valence-corrected chi connectivity index (χ3v) is 4.64. The van der Waals surface area contributed by atoms with E-state index in [9.17, 15) is 14.9 Å². The summed E-state index contributed by atoms with van der Waals surface area (Å²) in [5.41, 5.74) is 0.238. The molecular weight excluding hydrogens is 340 g/mol. The van der Waals surface area contributed by atoms with Gasteiger partial charge in [-0.15, -0.1) is 0 Å². The van der Waals surface area contributed by atoms with Crippen LogP contribution in [0.5, 0.6) is 0 Å². The van der Waals surface area contributed by atoms with Crippen LogP contribution in [0.1, 0.15) is 18.9 Å². The van der Waals surface area contributed by atoms with Crippen LogP contribution in [0, 0.1) is 10.1 Å². The standard InChI is InChI=1S/C14H13ClN4O3S/c15-11-7-10(19(21)22)3-4-12(11)17-13(20)8-23-14-16-5-6-18(14)9-1-2-9/h3-7,9H,1-2,8H2,(H,17,20). The fourth-order valence-electron chi connectivity index (χ4n) is 2.08. The number of thioether (sulfide) groups is 1. The molecule has 2 aromatic rings. The molecule has 1 aliphatic carbocycles. The number of imidazole rings is 1. The molecule has 1 amide bonds. The van der Waals surface area contributed by atoms with Gasteiger partial charge >= 0.3 is 0 Å². The Kier molecular flexibility index (Phi) is 4.53. The SMILES string of the molecule is O=C(CSc1nccn1C1CC1)Nc1ccc([N+](=O)[O-])cc1Cl. The van der Waals surface area contributed by atoms with Gasteiger partial charge in [0.25, 0.3) is 5.69 Å². The van der Waals surface area contributed by atoms with Crippen LogP contribution in [0.25, 0.3) is 0 Å². The Morgan fingerprint density at radius 3 is 2.96 bits per heavy atom. The number of non-ortho nitro benzene ring substituents is 1. The van der Waals surface area contributed by atoms with E-state index in [1.807, 2.05) is 6.20 Å². The highest BCUT2D eigenvalue weighted by atomic mass is 35.5. The zero-order chi connectivity index (χ0) is 16.4. The maximum Gasteiger partial charge on any atom is 0.271 e. The number of rotatable bonds is 6. The van der Waals surface area contributed by atoms with Gasteiger partial charge in [-0.05, 0) is 18.9 Å². The van der Waals surface area contributed by atoms with Crippen LogP contribution in [0.4, 0.5) is 11.4 Å². The Hall–Kier alpha value is -2.06. The number of aromatic nitrogens is 2. The van der Waals surface area contributed by atoms with Crippen molar-refractivity contribution in [2.24, 2.45) is 0 Å². The van der Waals surface area contributed by atoms with Crippen molar-refractivity contribution < 1.29 is 9.72 Å². The second-order valence-electron chi connectivity index (χ2n) is 5.11. The molecule has 1 aliphatic rings. The van der Waals surface area contributed by atoms with E-state index in [4.69, 9.17) is 11.6 Å². The molecule has 120 valence electrons. The molecule has 7 nitrogen and oxygen atoms in total. The fourth-order valence-corrected chi connectivity index (χ4v) is 3.13. The third-order valence-electron chi connectivity index (χ3n) is 3.34. The zero-order valence-corrected chi connectivity index (χ0v) is 13.5. The van der Waals surface area contributed by atoms with Crippen LogP contribution in [0.2, 0.25) is 5.02 Å². The quantitative estimate of drug-likeness (QED) is 0.488. The second-order valence-corrected chi connectivity index (χ2v) is 6.46. The van der Waals surface area contributed by atoms with Crippen LogP contribution in [0.3, 0.4) is 0 Å². The molecule has 1 N–H and O–H groups in total. The third kappa shape index (κ3) is 3.83. The van der Waals surface area contributed by atoms with Crippen LogP contribution >= 0.6 is 23.4 Å². The van der Waals surface area contributed by atoms with Gasteiger partial charge in [0.2, 0.25) is 5.91 Å². The van der Waals surface area contributed by atoms with Crippen molar-refractivity contribution in [1.82, 2.24) is 9.55 Å². The summed E-state index contributed by atoms with van der Waals surface area (Å²) in [4.78, 5) is 26.4. The number of carbonyl (C=O) groups excluding carboxylic acids is 1. The van der Waals surface area contributed by atoms with Crippen molar-refractivity contribution in [3.8, 4) is 0 Å². The van der Waals surface area contributed by atoms with E-state index in [1.165, 1.54) is 30.0 Å². The first-order valence-corrected chi connectivity index (χ1v) is 8.30. The topological polar surface area (TPSA) is 90.1 Å². The largest absolute Gasteiger partial charge is 0.324 e. The summed E-state index contributed by atoms with van der Waals surface area (Å²) in [5, 5.41) is 14.3. The van der Waals surface area contributed by atoms with Crippen LogP contribution < -0.4 is 5.32 Å².